The third kappa shape index (κ3) is 5.65. The third-order valence-corrected chi connectivity index (χ3v) is 3.45. The van der Waals surface area contributed by atoms with E-state index in [-0.39, 0.29) is 12.4 Å². The summed E-state index contributed by atoms with van der Waals surface area (Å²) in [4.78, 5) is 2.42. The molecule has 0 aromatic carbocycles. The van der Waals surface area contributed by atoms with Crippen LogP contribution in [0.1, 0.15) is 46.5 Å². The van der Waals surface area contributed by atoms with Crippen LogP contribution in [0.25, 0.3) is 0 Å². The number of nitrogens with zero attached hydrogens (tertiary/aromatic N) is 1. The van der Waals surface area contributed by atoms with Crippen molar-refractivity contribution in [1.82, 2.24) is 4.90 Å². The first-order valence-electron chi connectivity index (χ1n) is 7.32. The molecule has 18 heavy (non-hydrogen) atoms. The summed E-state index contributed by atoms with van der Waals surface area (Å²) in [6, 6.07) is 0.474. The topological polar surface area (TPSA) is 41.9 Å². The second kappa shape index (κ2) is 8.86. The summed E-state index contributed by atoms with van der Waals surface area (Å²) in [7, 11) is 0. The van der Waals surface area contributed by atoms with E-state index in [0.29, 0.717) is 19.3 Å². The molecule has 1 aliphatic rings. The zero-order valence-corrected chi connectivity index (χ0v) is 12.1. The van der Waals surface area contributed by atoms with E-state index in [0.717, 1.165) is 19.5 Å². The number of likely N-dealkylation sites (tertiary alicyclic amines) is 1. The second-order valence-electron chi connectivity index (χ2n) is 5.07. The zero-order chi connectivity index (χ0) is 13.4. The van der Waals surface area contributed by atoms with Gasteiger partial charge in [-0.2, -0.15) is 0 Å². The number of aliphatic hydroxyl groups is 1. The molecule has 0 aromatic heterocycles. The lowest BCUT2D eigenvalue weighted by atomic mass is 9.97. The quantitative estimate of drug-likeness (QED) is 0.677. The summed E-state index contributed by atoms with van der Waals surface area (Å²) in [6.07, 6.45) is 4.17. The Labute approximate surface area is 111 Å². The van der Waals surface area contributed by atoms with Gasteiger partial charge in [0.1, 0.15) is 0 Å². The fourth-order valence-corrected chi connectivity index (χ4v) is 2.68. The predicted octanol–water partition coefficient (Wildman–Crippen LogP) is 2.01. The van der Waals surface area contributed by atoms with Crippen molar-refractivity contribution in [1.29, 1.82) is 0 Å². The van der Waals surface area contributed by atoms with Crippen LogP contribution in [0.3, 0.4) is 0 Å². The molecule has 1 aliphatic heterocycles. The van der Waals surface area contributed by atoms with E-state index in [1.807, 2.05) is 20.8 Å². The Bertz CT molecular complexity index is 205. The summed E-state index contributed by atoms with van der Waals surface area (Å²) < 4.78 is 11.2. The van der Waals surface area contributed by atoms with Gasteiger partial charge in [0.2, 0.25) is 0 Å². The second-order valence-corrected chi connectivity index (χ2v) is 5.07. The lowest BCUT2D eigenvalue weighted by Crippen LogP contribution is -2.46. The van der Waals surface area contributed by atoms with Gasteiger partial charge < -0.3 is 14.6 Å². The third-order valence-electron chi connectivity index (χ3n) is 3.45. The SMILES string of the molecule is CCOC(CN1CCCCC1CC(C)O)OCC. The highest BCUT2D eigenvalue weighted by Crippen LogP contribution is 2.21. The molecule has 0 aliphatic carbocycles. The van der Waals surface area contributed by atoms with E-state index < -0.39 is 0 Å². The van der Waals surface area contributed by atoms with Gasteiger partial charge in [-0.3, -0.25) is 4.90 Å². The van der Waals surface area contributed by atoms with Crippen LogP contribution in [0, 0.1) is 0 Å². The van der Waals surface area contributed by atoms with Gasteiger partial charge in [0, 0.05) is 25.8 Å². The van der Waals surface area contributed by atoms with Crippen molar-refractivity contribution in [3.8, 4) is 0 Å². The minimum atomic E-state index is -0.228. The lowest BCUT2D eigenvalue weighted by molar-refractivity contribution is -0.153. The van der Waals surface area contributed by atoms with Crippen LogP contribution in [0.15, 0.2) is 0 Å². The fraction of sp³-hybridized carbons (Fsp3) is 1.00. The summed E-state index contributed by atoms with van der Waals surface area (Å²) in [5.41, 5.74) is 0. The number of aliphatic hydroxyl groups excluding tert-OH is 1. The maximum Gasteiger partial charge on any atom is 0.170 e. The number of rotatable bonds is 8. The predicted molar refractivity (Wildman–Crippen MR) is 72.5 cm³/mol. The largest absolute Gasteiger partial charge is 0.393 e. The Balaban J connectivity index is 2.48. The van der Waals surface area contributed by atoms with E-state index in [9.17, 15) is 5.11 Å². The molecule has 0 amide bonds. The van der Waals surface area contributed by atoms with Crippen LogP contribution in [0.4, 0.5) is 0 Å². The van der Waals surface area contributed by atoms with Crippen molar-refractivity contribution < 1.29 is 14.6 Å². The van der Waals surface area contributed by atoms with Crippen LogP contribution in [0.2, 0.25) is 0 Å². The van der Waals surface area contributed by atoms with E-state index >= 15 is 0 Å². The molecule has 108 valence electrons. The summed E-state index contributed by atoms with van der Waals surface area (Å²) in [5.74, 6) is 0. The number of hydrogen-bond donors (Lipinski definition) is 1. The summed E-state index contributed by atoms with van der Waals surface area (Å²) >= 11 is 0. The van der Waals surface area contributed by atoms with Gasteiger partial charge in [0.05, 0.1) is 6.10 Å². The Morgan fingerprint density at radius 1 is 1.22 bits per heavy atom. The van der Waals surface area contributed by atoms with Crippen LogP contribution in [-0.2, 0) is 9.47 Å². The summed E-state index contributed by atoms with van der Waals surface area (Å²) in [6.45, 7) is 9.13. The van der Waals surface area contributed by atoms with Gasteiger partial charge in [0.15, 0.2) is 6.29 Å². The Kier molecular flexibility index (Phi) is 7.82. The Hall–Kier alpha value is -0.160. The molecule has 0 radical (unpaired) electrons. The maximum absolute atomic E-state index is 9.57. The summed E-state index contributed by atoms with van der Waals surface area (Å²) in [5, 5.41) is 9.57. The first-order valence-corrected chi connectivity index (χ1v) is 7.32. The lowest BCUT2D eigenvalue weighted by Gasteiger charge is -2.38. The number of ether oxygens (including phenoxy) is 2. The number of hydrogen-bond acceptors (Lipinski definition) is 4. The van der Waals surface area contributed by atoms with Gasteiger partial charge in [-0.1, -0.05) is 6.42 Å². The molecule has 0 saturated carbocycles. The van der Waals surface area contributed by atoms with E-state index in [1.54, 1.807) is 0 Å². The van der Waals surface area contributed by atoms with Crippen LogP contribution in [0.5, 0.6) is 0 Å². The van der Waals surface area contributed by atoms with Gasteiger partial charge in [-0.25, -0.2) is 0 Å². The highest BCUT2D eigenvalue weighted by Gasteiger charge is 2.26. The van der Waals surface area contributed by atoms with Gasteiger partial charge in [-0.15, -0.1) is 0 Å². The number of piperidine rings is 1. The molecule has 1 N–H and O–H groups in total. The van der Waals surface area contributed by atoms with Gasteiger partial charge >= 0.3 is 0 Å². The molecule has 1 fully saturated rings. The van der Waals surface area contributed by atoms with Crippen molar-refractivity contribution >= 4 is 0 Å². The average molecular weight is 259 g/mol. The zero-order valence-electron chi connectivity index (χ0n) is 12.1. The van der Waals surface area contributed by atoms with Crippen molar-refractivity contribution in [3.05, 3.63) is 0 Å². The van der Waals surface area contributed by atoms with Crippen molar-refractivity contribution in [2.75, 3.05) is 26.3 Å². The van der Waals surface area contributed by atoms with Gasteiger partial charge in [-0.05, 0) is 46.6 Å². The van der Waals surface area contributed by atoms with Crippen LogP contribution in [-0.4, -0.2) is 54.7 Å². The molecule has 2 unspecified atom stereocenters. The van der Waals surface area contributed by atoms with Crippen molar-refractivity contribution in [3.63, 3.8) is 0 Å². The smallest absolute Gasteiger partial charge is 0.170 e. The van der Waals surface area contributed by atoms with Crippen molar-refractivity contribution in [2.24, 2.45) is 0 Å². The van der Waals surface area contributed by atoms with Crippen LogP contribution >= 0.6 is 0 Å². The van der Waals surface area contributed by atoms with Crippen molar-refractivity contribution in [2.45, 2.75) is 64.9 Å². The molecule has 0 bridgehead atoms. The first-order chi connectivity index (χ1) is 8.67. The van der Waals surface area contributed by atoms with Gasteiger partial charge in [0.25, 0.3) is 0 Å². The van der Waals surface area contributed by atoms with E-state index in [4.69, 9.17) is 9.47 Å². The fourth-order valence-electron chi connectivity index (χ4n) is 2.68. The molecule has 1 rings (SSSR count). The Morgan fingerprint density at radius 2 is 1.89 bits per heavy atom. The highest BCUT2D eigenvalue weighted by atomic mass is 16.7. The monoisotopic (exact) mass is 259 g/mol. The van der Waals surface area contributed by atoms with E-state index in [1.165, 1.54) is 19.3 Å². The molecular formula is C14H29NO3. The maximum atomic E-state index is 9.57. The first kappa shape index (κ1) is 15.9. The molecule has 1 saturated heterocycles. The highest BCUT2D eigenvalue weighted by molar-refractivity contribution is 4.79. The molecule has 4 heteroatoms. The van der Waals surface area contributed by atoms with E-state index in [2.05, 4.69) is 4.90 Å². The molecule has 0 spiro atoms. The van der Waals surface area contributed by atoms with Crippen LogP contribution < -0.4 is 0 Å². The minimum Gasteiger partial charge on any atom is -0.393 e. The minimum absolute atomic E-state index is 0.130. The standard InChI is InChI=1S/C14H29NO3/c1-4-17-14(18-5-2)11-15-9-7-6-8-13(15)10-12(3)16/h12-14,16H,4-11H2,1-3H3. The average Bonchev–Trinajstić information content (AvgIpc) is 2.31. The molecule has 1 heterocycles. The molecule has 2 atom stereocenters. The molecule has 4 nitrogen and oxygen atoms in total. The Morgan fingerprint density at radius 3 is 2.44 bits per heavy atom. The normalized spacial score (nSPS) is 23.5. The molecule has 0 aromatic rings. The molecular weight excluding hydrogens is 230 g/mol.